The Hall–Kier alpha value is -9.04. The maximum atomic E-state index is 9.23. The Balaban J connectivity index is 0.00000653. The molecule has 0 unspecified atom stereocenters. The van der Waals surface area contributed by atoms with Gasteiger partial charge in [0, 0.05) is 84.4 Å². The van der Waals surface area contributed by atoms with Gasteiger partial charge in [-0.15, -0.1) is 36.3 Å². The summed E-state index contributed by atoms with van der Waals surface area (Å²) in [5.41, 5.74) is 8.89. The van der Waals surface area contributed by atoms with Gasteiger partial charge in [-0.3, -0.25) is 4.57 Å². The summed E-state index contributed by atoms with van der Waals surface area (Å²) in [4.78, 5) is 8.59. The molecule has 0 atom stereocenters. The van der Waals surface area contributed by atoms with E-state index in [4.69, 9.17) is 27.4 Å². The first-order valence-electron chi connectivity index (χ1n) is 29.4. The van der Waals surface area contributed by atoms with Crippen LogP contribution in [0, 0.1) is 32.6 Å². The van der Waals surface area contributed by atoms with Crippen molar-refractivity contribution in [1.82, 2.24) is 14.1 Å². The van der Waals surface area contributed by atoms with E-state index in [9.17, 15) is 5.48 Å². The van der Waals surface area contributed by atoms with Crippen LogP contribution in [0.15, 0.2) is 218 Å². The van der Waals surface area contributed by atoms with E-state index in [2.05, 4.69) is 59.4 Å². The Bertz CT molecular complexity index is 4740. The van der Waals surface area contributed by atoms with E-state index >= 15 is 0 Å². The van der Waals surface area contributed by atoms with E-state index < -0.39 is 67.1 Å². The van der Waals surface area contributed by atoms with Crippen molar-refractivity contribution in [3.63, 3.8) is 0 Å². The van der Waals surface area contributed by atoms with E-state index in [1.807, 2.05) is 114 Å². The van der Waals surface area contributed by atoms with Crippen LogP contribution in [0.2, 0.25) is 0 Å². The number of fused-ring (bicyclic) bond motifs is 8. The first-order chi connectivity index (χ1) is 41.2. The number of hydrogen-bond donors (Lipinski definition) is 0. The van der Waals surface area contributed by atoms with E-state index in [0.29, 0.717) is 68.5 Å². The van der Waals surface area contributed by atoms with Crippen molar-refractivity contribution >= 4 is 67.7 Å². The van der Waals surface area contributed by atoms with Gasteiger partial charge in [0.05, 0.1) is 19.4 Å². The molecule has 0 radical (unpaired) electrons. The predicted octanol–water partition coefficient (Wildman–Crippen LogP) is 14.4. The summed E-state index contributed by atoms with van der Waals surface area (Å²) in [6, 6.07) is 48.0. The number of hydrogen-bond acceptors (Lipinski definition) is 6. The minimum absolute atomic E-state index is 0. The third-order valence-electron chi connectivity index (χ3n) is 14.3. The number of imidazole rings is 1. The first-order valence-corrected chi connectivity index (χ1v) is 24.4. The smallest absolute Gasteiger partial charge is 0.217 e. The van der Waals surface area contributed by atoms with Gasteiger partial charge in [-0.1, -0.05) is 168 Å². The van der Waals surface area contributed by atoms with E-state index in [1.54, 1.807) is 36.0 Å². The molecule has 10 heteroatoms. The van der Waals surface area contributed by atoms with E-state index in [-0.39, 0.29) is 49.0 Å². The number of aromatic nitrogens is 3. The van der Waals surface area contributed by atoms with Crippen molar-refractivity contribution in [2.75, 3.05) is 9.80 Å². The summed E-state index contributed by atoms with van der Waals surface area (Å²) in [5, 5.41) is 1.92. The Morgan fingerprint density at radius 3 is 1.97 bits per heavy atom. The zero-order chi connectivity index (χ0) is 58.4. The monoisotopic (exact) mass is 1170 g/mol. The number of nitrogens with zero attached hydrogens (tertiary/aromatic N) is 5. The number of benzene rings is 10. The molecule has 0 fully saturated rings. The van der Waals surface area contributed by atoms with Gasteiger partial charge in [0.25, 0.3) is 0 Å². The van der Waals surface area contributed by atoms with E-state index in [0.717, 1.165) is 44.0 Å². The first kappa shape index (κ1) is 36.0. The van der Waals surface area contributed by atoms with Gasteiger partial charge < -0.3 is 28.6 Å². The molecule has 0 aliphatic carbocycles. The third-order valence-corrected chi connectivity index (χ3v) is 14.3. The number of anilines is 4. The molecule has 0 spiro atoms. The molecule has 3 aliphatic heterocycles. The van der Waals surface area contributed by atoms with Crippen LogP contribution in [0.5, 0.6) is 34.5 Å². The van der Waals surface area contributed by atoms with Gasteiger partial charge in [-0.05, 0) is 88.8 Å². The maximum Gasteiger partial charge on any atom is 0.217 e. The molecule has 0 amide bonds. The fraction of sp³-hybridized carbons (Fsp3) is 0.0303. The zero-order valence-electron chi connectivity index (χ0n) is 50.4. The molecular formula is C66H43BN5O3Pt-3. The van der Waals surface area contributed by atoms with Crippen molar-refractivity contribution < 1.29 is 49.0 Å². The molecule has 76 heavy (non-hydrogen) atoms. The molecule has 0 saturated carbocycles. The van der Waals surface area contributed by atoms with Gasteiger partial charge in [0.15, 0.2) is 6.71 Å². The van der Waals surface area contributed by atoms with Crippen LogP contribution in [0.3, 0.4) is 0 Å². The summed E-state index contributed by atoms with van der Waals surface area (Å²) < 4.78 is 114. The molecule has 0 N–H and O–H groups in total. The summed E-state index contributed by atoms with van der Waals surface area (Å²) in [5.74, 6) is 3.65. The summed E-state index contributed by atoms with van der Waals surface area (Å²) in [6.07, 6.45) is 3.77. The molecule has 3 aliphatic rings. The average Bonchev–Trinajstić information content (AvgIpc) is 1.14. The number of aryl methyl sites for hydroxylation is 2. The summed E-state index contributed by atoms with van der Waals surface area (Å²) >= 11 is 0. The number of rotatable bonds is 8. The zero-order valence-corrected chi connectivity index (χ0v) is 42.7. The second-order valence-electron chi connectivity index (χ2n) is 18.5. The fourth-order valence-electron chi connectivity index (χ4n) is 11.1. The topological polar surface area (TPSA) is 56.9 Å². The van der Waals surface area contributed by atoms with Crippen LogP contribution in [0.25, 0.3) is 55.7 Å². The Kier molecular flexibility index (Phi) is 8.58. The molecular weight excluding hydrogens is 1120 g/mol. The van der Waals surface area contributed by atoms with Crippen LogP contribution in [-0.4, -0.2) is 20.8 Å². The SMILES string of the molecule is [2H]c1c([2H])c([2H])c(-c2cccc(-c3c([2H])c([2H])c([2H])c([2H])c3[2H])c2N2[CH-]N(c3[c-]c(Oc4[c-]c5c(cc4)c4ccccc4n5-c4nccn4-c4c(C)cccc4C)c4c(c3)Oc3cccc5c3B4c3ccccc3O5)c3ccccc32)c([2H])c1[2H].[Pt]. The van der Waals surface area contributed by atoms with Crippen LogP contribution in [-0.2, 0) is 21.1 Å². The Labute approximate surface area is 469 Å². The number of ether oxygens (including phenoxy) is 3. The van der Waals surface area contributed by atoms with Crippen molar-refractivity contribution in [3.8, 4) is 68.4 Å². The van der Waals surface area contributed by atoms with Crippen molar-refractivity contribution in [2.45, 2.75) is 13.8 Å². The van der Waals surface area contributed by atoms with Gasteiger partial charge in [-0.25, -0.2) is 4.98 Å². The van der Waals surface area contributed by atoms with Crippen LogP contribution in [0.4, 0.5) is 22.7 Å². The summed E-state index contributed by atoms with van der Waals surface area (Å²) in [6.45, 7) is 5.46. The Morgan fingerprint density at radius 1 is 0.592 bits per heavy atom. The second kappa shape index (κ2) is 18.1. The van der Waals surface area contributed by atoms with Gasteiger partial charge in [0.2, 0.25) is 5.95 Å². The van der Waals surface area contributed by atoms with Crippen LogP contribution < -0.4 is 40.4 Å². The quantitative estimate of drug-likeness (QED) is 0.112. The molecule has 5 heterocycles. The Morgan fingerprint density at radius 2 is 1.22 bits per heavy atom. The van der Waals surface area contributed by atoms with Crippen molar-refractivity contribution in [3.05, 3.63) is 248 Å². The van der Waals surface area contributed by atoms with Gasteiger partial charge in [0.1, 0.15) is 17.2 Å². The normalized spacial score (nSPS) is 14.7. The molecule has 12 aromatic rings. The minimum atomic E-state index is -0.585. The molecule has 8 nitrogen and oxygen atoms in total. The van der Waals surface area contributed by atoms with Gasteiger partial charge in [-0.2, -0.15) is 6.07 Å². The molecule has 15 rings (SSSR count). The largest absolute Gasteiger partial charge is 0.509 e. The molecule has 0 saturated heterocycles. The average molecular weight is 1170 g/mol. The maximum absolute atomic E-state index is 9.23. The predicted molar refractivity (Wildman–Crippen MR) is 302 cm³/mol. The summed E-state index contributed by atoms with van der Waals surface area (Å²) in [7, 11) is 0. The standard InChI is InChI=1S/C66H43BN5O3.Pt/c1-42-18-15-19-43(2)64(42)69-37-36-68-66(69)72-53-28-11-9-24-50(53)51-35-34-47(40-56(51)72)73-60-38-46(39-61-63(60)67-52-27-10-14-31-57(52)74-58-32-17-33-59(75-61)62(58)67)70-41-71(55-30-13-12-29-54(55)70)65-48(44-20-5-3-6-21-44)25-16-26-49(65)45-22-7-4-8-23-45;/h3-37,39,41H,1-2H3;/q-3;/i3D,4D,5D,6D,7D,8D,20D,21D,22D,23D;. The molecule has 2 aromatic heterocycles. The van der Waals surface area contributed by atoms with Crippen molar-refractivity contribution in [2.24, 2.45) is 0 Å². The second-order valence-corrected chi connectivity index (χ2v) is 18.5. The fourth-order valence-corrected chi connectivity index (χ4v) is 11.1. The minimum Gasteiger partial charge on any atom is -0.509 e. The number of para-hydroxylation sites is 6. The van der Waals surface area contributed by atoms with Crippen LogP contribution >= 0.6 is 0 Å². The van der Waals surface area contributed by atoms with Gasteiger partial charge >= 0.3 is 0 Å². The molecule has 10 aromatic carbocycles. The van der Waals surface area contributed by atoms with Crippen LogP contribution in [0.1, 0.15) is 24.8 Å². The van der Waals surface area contributed by atoms with Crippen molar-refractivity contribution in [1.29, 1.82) is 0 Å². The van der Waals surface area contributed by atoms with E-state index in [1.165, 1.54) is 0 Å². The molecule has 366 valence electrons. The molecule has 0 bridgehead atoms. The third kappa shape index (κ3) is 7.14.